The number of nitrogens with one attached hydrogen (secondary N) is 1. The van der Waals surface area contributed by atoms with Crippen LogP contribution < -0.4 is 5.32 Å². The second-order valence-corrected chi connectivity index (χ2v) is 11.1. The van der Waals surface area contributed by atoms with E-state index in [9.17, 15) is 19.3 Å². The fourth-order valence-electron chi connectivity index (χ4n) is 6.44. The van der Waals surface area contributed by atoms with Gasteiger partial charge in [0, 0.05) is 18.4 Å². The SMILES string of the molecule is CC1(C)C2CCC1(C)C(OC(=O)C1CCCN1C(=O)CNC(=O)C(CC1=CCCC=C1)N=O)C2. The molecule has 1 heterocycles. The standard InChI is InChI=1S/C26H37N3O5/c1-25(2)18-11-12-26(25,3)21(15-18)34-24(32)20-10-7-13-29(20)22(30)16-27-23(31)19(28-33)14-17-8-5-4-6-9-17/h5,8-9,18-21H,4,6-7,10-16H2,1-3H3,(H,27,31). The Hall–Kier alpha value is -2.51. The molecule has 34 heavy (non-hydrogen) atoms. The lowest BCUT2D eigenvalue weighted by Gasteiger charge is -2.39. The molecule has 8 nitrogen and oxygen atoms in total. The monoisotopic (exact) mass is 471 g/mol. The molecule has 0 spiro atoms. The number of nitrogens with zero attached hydrogens (tertiary/aromatic N) is 2. The summed E-state index contributed by atoms with van der Waals surface area (Å²) in [6.07, 6.45) is 12.2. The molecule has 2 amide bonds. The molecule has 3 fully saturated rings. The third-order valence-electron chi connectivity index (χ3n) is 9.16. The van der Waals surface area contributed by atoms with Gasteiger partial charge in [0.15, 0.2) is 6.04 Å². The van der Waals surface area contributed by atoms with Gasteiger partial charge >= 0.3 is 5.97 Å². The van der Waals surface area contributed by atoms with E-state index in [0.717, 1.165) is 31.3 Å². The number of amides is 2. The van der Waals surface area contributed by atoms with Crippen molar-refractivity contribution in [3.63, 3.8) is 0 Å². The molecule has 0 aromatic rings. The molecule has 5 unspecified atom stereocenters. The number of nitroso groups, excluding NO2 is 1. The van der Waals surface area contributed by atoms with E-state index < -0.39 is 18.0 Å². The highest BCUT2D eigenvalue weighted by Gasteiger charge is 2.63. The van der Waals surface area contributed by atoms with Crippen LogP contribution >= 0.6 is 0 Å². The van der Waals surface area contributed by atoms with Crippen LogP contribution in [0.3, 0.4) is 0 Å². The maximum absolute atomic E-state index is 13.1. The van der Waals surface area contributed by atoms with Gasteiger partial charge in [-0.25, -0.2) is 4.79 Å². The summed E-state index contributed by atoms with van der Waals surface area (Å²) in [4.78, 5) is 51.2. The van der Waals surface area contributed by atoms with Gasteiger partial charge in [-0.15, -0.1) is 4.91 Å². The van der Waals surface area contributed by atoms with Crippen molar-refractivity contribution >= 4 is 17.8 Å². The first-order valence-corrected chi connectivity index (χ1v) is 12.6. The van der Waals surface area contributed by atoms with E-state index in [0.29, 0.717) is 25.3 Å². The molecule has 5 atom stereocenters. The van der Waals surface area contributed by atoms with Crippen LogP contribution in [0.2, 0.25) is 0 Å². The largest absolute Gasteiger partial charge is 0.460 e. The summed E-state index contributed by atoms with van der Waals surface area (Å²) < 4.78 is 6.02. The second-order valence-electron chi connectivity index (χ2n) is 11.1. The molecule has 0 aromatic carbocycles. The van der Waals surface area contributed by atoms with Crippen LogP contribution in [0, 0.1) is 21.7 Å². The van der Waals surface area contributed by atoms with Crippen molar-refractivity contribution in [3.8, 4) is 0 Å². The highest BCUT2D eigenvalue weighted by molar-refractivity contribution is 5.90. The second kappa shape index (κ2) is 9.62. The third-order valence-corrected chi connectivity index (χ3v) is 9.16. The first-order valence-electron chi connectivity index (χ1n) is 12.6. The number of esters is 1. The topological polar surface area (TPSA) is 105 Å². The van der Waals surface area contributed by atoms with Gasteiger partial charge in [-0.1, -0.05) is 44.2 Å². The zero-order valence-electron chi connectivity index (χ0n) is 20.5. The predicted molar refractivity (Wildman–Crippen MR) is 128 cm³/mol. The van der Waals surface area contributed by atoms with Gasteiger partial charge in [0.05, 0.1) is 6.54 Å². The van der Waals surface area contributed by atoms with Gasteiger partial charge in [-0.2, -0.15) is 0 Å². The van der Waals surface area contributed by atoms with Gasteiger partial charge in [-0.3, -0.25) is 9.59 Å². The summed E-state index contributed by atoms with van der Waals surface area (Å²) >= 11 is 0. The molecule has 1 saturated heterocycles. The molecule has 4 aliphatic rings. The number of carbonyl (C=O) groups excluding carboxylic acids is 3. The summed E-state index contributed by atoms with van der Waals surface area (Å²) in [5.74, 6) is -0.686. The first kappa shape index (κ1) is 24.6. The molecule has 4 rings (SSSR count). The Bertz CT molecular complexity index is 910. The summed E-state index contributed by atoms with van der Waals surface area (Å²) in [7, 11) is 0. The summed E-state index contributed by atoms with van der Waals surface area (Å²) in [5, 5.41) is 5.50. The van der Waals surface area contributed by atoms with E-state index in [-0.39, 0.29) is 41.8 Å². The quantitative estimate of drug-likeness (QED) is 0.430. The third kappa shape index (κ3) is 4.43. The van der Waals surface area contributed by atoms with Crippen LogP contribution in [0.25, 0.3) is 0 Å². The zero-order chi connectivity index (χ0) is 24.5. The summed E-state index contributed by atoms with van der Waals surface area (Å²) in [5.41, 5.74) is 1.01. The highest BCUT2D eigenvalue weighted by Crippen LogP contribution is 2.66. The molecule has 1 N–H and O–H groups in total. The molecule has 2 saturated carbocycles. The Morgan fingerprint density at radius 3 is 2.65 bits per heavy atom. The number of hydrogen-bond acceptors (Lipinski definition) is 6. The van der Waals surface area contributed by atoms with Crippen molar-refractivity contribution < 1.29 is 19.1 Å². The van der Waals surface area contributed by atoms with Crippen molar-refractivity contribution in [3.05, 3.63) is 28.7 Å². The Kier molecular flexibility index (Phi) is 6.97. The molecule has 1 aliphatic heterocycles. The molecule has 186 valence electrons. The van der Waals surface area contributed by atoms with E-state index in [1.54, 1.807) is 0 Å². The molecular weight excluding hydrogens is 434 g/mol. The molecular formula is C26H37N3O5. The van der Waals surface area contributed by atoms with Crippen molar-refractivity contribution in [2.24, 2.45) is 21.9 Å². The molecule has 0 aromatic heterocycles. The number of fused-ring (bicyclic) bond motifs is 2. The maximum atomic E-state index is 13.1. The minimum absolute atomic E-state index is 0.0332. The van der Waals surface area contributed by atoms with Gasteiger partial charge < -0.3 is 15.0 Å². The number of allylic oxidation sites excluding steroid dienone is 3. The van der Waals surface area contributed by atoms with Gasteiger partial charge in [0.2, 0.25) is 11.8 Å². The number of carbonyl (C=O) groups is 3. The summed E-state index contributed by atoms with van der Waals surface area (Å²) in [6, 6.07) is -1.70. The van der Waals surface area contributed by atoms with Crippen LogP contribution in [0.1, 0.15) is 72.1 Å². The smallest absolute Gasteiger partial charge is 0.329 e. The molecule has 3 aliphatic carbocycles. The van der Waals surface area contributed by atoms with Crippen molar-refractivity contribution in [2.75, 3.05) is 13.1 Å². The Labute approximate surface area is 201 Å². The van der Waals surface area contributed by atoms with Crippen LogP contribution in [0.5, 0.6) is 0 Å². The van der Waals surface area contributed by atoms with Crippen molar-refractivity contribution in [2.45, 2.75) is 90.3 Å². The normalized spacial score (nSPS) is 32.3. The minimum atomic E-state index is -1.08. The van der Waals surface area contributed by atoms with Crippen molar-refractivity contribution in [1.29, 1.82) is 0 Å². The zero-order valence-corrected chi connectivity index (χ0v) is 20.5. The average Bonchev–Trinajstić information content (AvgIpc) is 3.45. The fourth-order valence-corrected chi connectivity index (χ4v) is 6.44. The fraction of sp³-hybridized carbons (Fsp3) is 0.731. The average molecular weight is 472 g/mol. The molecule has 8 heteroatoms. The number of likely N-dealkylation sites (tertiary alicyclic amines) is 1. The summed E-state index contributed by atoms with van der Waals surface area (Å²) in [6.45, 7) is 6.96. The number of rotatable bonds is 8. The molecule has 0 radical (unpaired) electrons. The van der Waals surface area contributed by atoms with E-state index >= 15 is 0 Å². The highest BCUT2D eigenvalue weighted by atomic mass is 16.5. The maximum Gasteiger partial charge on any atom is 0.329 e. The first-order chi connectivity index (χ1) is 16.2. The Balaban J connectivity index is 1.30. The number of hydrogen-bond donors (Lipinski definition) is 1. The molecule has 2 bridgehead atoms. The van der Waals surface area contributed by atoms with Gasteiger partial charge in [-0.05, 0) is 61.9 Å². The lowest BCUT2D eigenvalue weighted by Crippen LogP contribution is -2.48. The predicted octanol–water partition coefficient (Wildman–Crippen LogP) is 3.65. The Morgan fingerprint density at radius 2 is 2.03 bits per heavy atom. The van der Waals surface area contributed by atoms with Crippen LogP contribution in [0.15, 0.2) is 29.0 Å². The van der Waals surface area contributed by atoms with E-state index in [4.69, 9.17) is 4.74 Å². The van der Waals surface area contributed by atoms with Crippen molar-refractivity contribution in [1.82, 2.24) is 10.2 Å². The van der Waals surface area contributed by atoms with E-state index in [2.05, 4.69) is 31.3 Å². The van der Waals surface area contributed by atoms with Gasteiger partial charge in [0.25, 0.3) is 0 Å². The lowest BCUT2D eigenvalue weighted by molar-refractivity contribution is -0.164. The van der Waals surface area contributed by atoms with Crippen LogP contribution in [0.4, 0.5) is 0 Å². The van der Waals surface area contributed by atoms with E-state index in [1.165, 1.54) is 11.3 Å². The van der Waals surface area contributed by atoms with Crippen LogP contribution in [-0.4, -0.2) is 54.0 Å². The minimum Gasteiger partial charge on any atom is -0.460 e. The van der Waals surface area contributed by atoms with E-state index in [1.807, 2.05) is 18.2 Å². The number of ether oxygens (including phenoxy) is 1. The lowest BCUT2D eigenvalue weighted by atomic mass is 9.70. The van der Waals surface area contributed by atoms with Gasteiger partial charge in [0.1, 0.15) is 12.1 Å². The van der Waals surface area contributed by atoms with Crippen LogP contribution in [-0.2, 0) is 19.1 Å². The Morgan fingerprint density at radius 1 is 1.24 bits per heavy atom.